The summed E-state index contributed by atoms with van der Waals surface area (Å²) in [6, 6.07) is 8.56. The zero-order valence-corrected chi connectivity index (χ0v) is 14.3. The van der Waals surface area contributed by atoms with Gasteiger partial charge in [0.2, 0.25) is 5.91 Å². The molecule has 2 aromatic rings. The molecule has 1 aromatic heterocycles. The summed E-state index contributed by atoms with van der Waals surface area (Å²) in [5.74, 6) is -0.175. The normalized spacial score (nSPS) is 17.3. The molecule has 8 heteroatoms. The van der Waals surface area contributed by atoms with Gasteiger partial charge in [0.25, 0.3) is 0 Å². The van der Waals surface area contributed by atoms with Crippen LogP contribution in [0.5, 0.6) is 0 Å². The second-order valence-electron chi connectivity index (χ2n) is 5.79. The fourth-order valence-corrected chi connectivity index (χ4v) is 3.52. The fourth-order valence-electron chi connectivity index (χ4n) is 2.83. The number of halogens is 3. The first kappa shape index (κ1) is 17.7. The molecule has 0 spiro atoms. The number of hydrogen-bond acceptors (Lipinski definition) is 4. The second kappa shape index (κ2) is 7.03. The van der Waals surface area contributed by atoms with E-state index >= 15 is 0 Å². The highest BCUT2D eigenvalue weighted by Gasteiger charge is 2.33. The van der Waals surface area contributed by atoms with Crippen LogP contribution in [-0.2, 0) is 17.4 Å². The van der Waals surface area contributed by atoms with Gasteiger partial charge in [-0.3, -0.25) is 4.79 Å². The van der Waals surface area contributed by atoms with Crippen LogP contribution in [0.25, 0.3) is 0 Å². The van der Waals surface area contributed by atoms with Crippen molar-refractivity contribution in [2.75, 3.05) is 10.7 Å². The number of fused-ring (bicyclic) bond motifs is 1. The number of aryl methyl sites for hydroxylation is 1. The van der Waals surface area contributed by atoms with E-state index in [2.05, 4.69) is 9.97 Å². The highest BCUT2D eigenvalue weighted by molar-refractivity contribution is 7.99. The number of thioether (sulfide) groups is 1. The largest absolute Gasteiger partial charge is 0.433 e. The lowest BCUT2D eigenvalue weighted by molar-refractivity contribution is -0.141. The maximum absolute atomic E-state index is 12.7. The molecule has 0 bridgehead atoms. The van der Waals surface area contributed by atoms with E-state index in [0.717, 1.165) is 48.1 Å². The topological polar surface area (TPSA) is 46.1 Å². The first-order valence-corrected chi connectivity index (χ1v) is 8.78. The van der Waals surface area contributed by atoms with Gasteiger partial charge >= 0.3 is 6.18 Å². The lowest BCUT2D eigenvalue weighted by Crippen LogP contribution is -2.43. The van der Waals surface area contributed by atoms with Crippen molar-refractivity contribution < 1.29 is 18.0 Å². The first-order chi connectivity index (χ1) is 11.9. The maximum Gasteiger partial charge on any atom is 0.433 e. The zero-order chi connectivity index (χ0) is 18.0. The molecule has 132 valence electrons. The molecule has 1 aliphatic heterocycles. The molecular weight excluding hydrogens is 351 g/mol. The lowest BCUT2D eigenvalue weighted by Gasteiger charge is -2.35. The Morgan fingerprint density at radius 1 is 1.32 bits per heavy atom. The van der Waals surface area contributed by atoms with Crippen LogP contribution in [0, 0.1) is 0 Å². The van der Waals surface area contributed by atoms with E-state index in [1.807, 2.05) is 31.2 Å². The lowest BCUT2D eigenvalue weighted by atomic mass is 9.97. The van der Waals surface area contributed by atoms with Crippen molar-refractivity contribution in [3.63, 3.8) is 0 Å². The summed E-state index contributed by atoms with van der Waals surface area (Å²) < 4.78 is 38.1. The van der Waals surface area contributed by atoms with Crippen LogP contribution in [0.2, 0.25) is 0 Å². The molecule has 3 rings (SSSR count). The minimum Gasteiger partial charge on any atom is -0.309 e. The Bertz CT molecular complexity index is 782. The molecule has 0 aliphatic carbocycles. The van der Waals surface area contributed by atoms with Crippen molar-refractivity contribution in [1.82, 2.24) is 9.97 Å². The molecule has 25 heavy (non-hydrogen) atoms. The molecule has 0 fully saturated rings. The van der Waals surface area contributed by atoms with Gasteiger partial charge in [0.15, 0.2) is 5.16 Å². The fraction of sp³-hybridized carbons (Fsp3) is 0.353. The highest BCUT2D eigenvalue weighted by Crippen LogP contribution is 2.32. The quantitative estimate of drug-likeness (QED) is 0.609. The van der Waals surface area contributed by atoms with Crippen LogP contribution in [-0.4, -0.2) is 27.7 Å². The Morgan fingerprint density at radius 2 is 2.08 bits per heavy atom. The molecule has 0 saturated heterocycles. The SMILES string of the molecule is CC1CCc2ccccc2N1C(=O)CSc1nccc(C(F)(F)F)n1. The van der Waals surface area contributed by atoms with E-state index < -0.39 is 11.9 Å². The molecule has 1 aliphatic rings. The Balaban J connectivity index is 1.73. The third-order valence-electron chi connectivity index (χ3n) is 4.04. The van der Waals surface area contributed by atoms with Crippen LogP contribution in [0.1, 0.15) is 24.6 Å². The molecule has 2 heterocycles. The van der Waals surface area contributed by atoms with E-state index in [4.69, 9.17) is 0 Å². The van der Waals surface area contributed by atoms with Crippen molar-refractivity contribution in [2.24, 2.45) is 0 Å². The van der Waals surface area contributed by atoms with E-state index in [-0.39, 0.29) is 22.9 Å². The Labute approximate surface area is 147 Å². The van der Waals surface area contributed by atoms with Crippen molar-refractivity contribution >= 4 is 23.4 Å². The van der Waals surface area contributed by atoms with Gasteiger partial charge in [-0.1, -0.05) is 30.0 Å². The Hall–Kier alpha value is -2.09. The number of anilines is 1. The van der Waals surface area contributed by atoms with Crippen molar-refractivity contribution in [3.05, 3.63) is 47.8 Å². The summed E-state index contributed by atoms with van der Waals surface area (Å²) in [7, 11) is 0. The minimum absolute atomic E-state index is 0.0139. The van der Waals surface area contributed by atoms with Crippen molar-refractivity contribution in [1.29, 1.82) is 0 Å². The monoisotopic (exact) mass is 367 g/mol. The van der Waals surface area contributed by atoms with Crippen LogP contribution in [0.15, 0.2) is 41.7 Å². The van der Waals surface area contributed by atoms with Gasteiger partial charge in [-0.2, -0.15) is 13.2 Å². The standard InChI is InChI=1S/C17H16F3N3OS/c1-11-6-7-12-4-2-3-5-13(12)23(11)15(24)10-25-16-21-9-8-14(22-16)17(18,19)20/h2-5,8-9,11H,6-7,10H2,1H3. The summed E-state index contributed by atoms with van der Waals surface area (Å²) in [5.41, 5.74) is 0.972. The van der Waals surface area contributed by atoms with Gasteiger partial charge in [-0.05, 0) is 37.5 Å². The van der Waals surface area contributed by atoms with Crippen LogP contribution in [0.4, 0.5) is 18.9 Å². The zero-order valence-electron chi connectivity index (χ0n) is 13.5. The van der Waals surface area contributed by atoms with Gasteiger partial charge in [-0.15, -0.1) is 0 Å². The number of nitrogens with zero attached hydrogens (tertiary/aromatic N) is 3. The molecule has 0 saturated carbocycles. The molecule has 1 unspecified atom stereocenters. The van der Waals surface area contributed by atoms with Crippen LogP contribution in [0.3, 0.4) is 0 Å². The number of hydrogen-bond donors (Lipinski definition) is 0. The Kier molecular flexibility index (Phi) is 4.99. The predicted octanol–water partition coefficient (Wildman–Crippen LogP) is 3.96. The number of carbonyl (C=O) groups excluding carboxylic acids is 1. The smallest absolute Gasteiger partial charge is 0.309 e. The molecular formula is C17H16F3N3OS. The van der Waals surface area contributed by atoms with Gasteiger partial charge in [0.1, 0.15) is 5.69 Å². The average Bonchev–Trinajstić information content (AvgIpc) is 2.59. The molecule has 1 atom stereocenters. The first-order valence-electron chi connectivity index (χ1n) is 7.79. The van der Waals surface area contributed by atoms with Crippen LogP contribution >= 0.6 is 11.8 Å². The van der Waals surface area contributed by atoms with E-state index in [1.54, 1.807) is 4.90 Å². The minimum atomic E-state index is -4.53. The van der Waals surface area contributed by atoms with Crippen molar-refractivity contribution in [2.45, 2.75) is 37.1 Å². The third-order valence-corrected chi connectivity index (χ3v) is 4.89. The summed E-state index contributed by atoms with van der Waals surface area (Å²) >= 11 is 0.916. The number of amides is 1. The van der Waals surface area contributed by atoms with E-state index in [9.17, 15) is 18.0 Å². The molecule has 4 nitrogen and oxygen atoms in total. The summed E-state index contributed by atoms with van der Waals surface area (Å²) in [6.45, 7) is 1.97. The van der Waals surface area contributed by atoms with E-state index in [0.29, 0.717) is 0 Å². The summed E-state index contributed by atoms with van der Waals surface area (Å²) in [6.07, 6.45) is -1.71. The number of carbonyl (C=O) groups is 1. The van der Waals surface area contributed by atoms with Gasteiger partial charge in [0.05, 0.1) is 5.75 Å². The van der Waals surface area contributed by atoms with Gasteiger partial charge in [0, 0.05) is 17.9 Å². The maximum atomic E-state index is 12.7. The molecule has 1 aromatic carbocycles. The molecule has 0 N–H and O–H groups in total. The number of para-hydroxylation sites is 1. The number of alkyl halides is 3. The van der Waals surface area contributed by atoms with E-state index in [1.165, 1.54) is 0 Å². The highest BCUT2D eigenvalue weighted by atomic mass is 32.2. The number of benzene rings is 1. The third kappa shape index (κ3) is 3.95. The Morgan fingerprint density at radius 3 is 2.84 bits per heavy atom. The summed E-state index contributed by atoms with van der Waals surface area (Å²) in [5, 5.41) is -0.0545. The predicted molar refractivity (Wildman–Crippen MR) is 89.5 cm³/mol. The second-order valence-corrected chi connectivity index (χ2v) is 6.73. The molecule has 0 radical (unpaired) electrons. The number of rotatable bonds is 3. The van der Waals surface area contributed by atoms with Gasteiger partial charge < -0.3 is 4.90 Å². The average molecular weight is 367 g/mol. The molecule has 1 amide bonds. The van der Waals surface area contributed by atoms with Gasteiger partial charge in [-0.25, -0.2) is 9.97 Å². The van der Waals surface area contributed by atoms with Crippen LogP contribution < -0.4 is 4.90 Å². The van der Waals surface area contributed by atoms with Crippen molar-refractivity contribution in [3.8, 4) is 0 Å². The summed E-state index contributed by atoms with van der Waals surface area (Å²) in [4.78, 5) is 21.7. The number of aromatic nitrogens is 2.